The second kappa shape index (κ2) is 12.4. The van der Waals surface area contributed by atoms with Crippen molar-refractivity contribution in [3.63, 3.8) is 0 Å². The minimum atomic E-state index is -0.451. The van der Waals surface area contributed by atoms with Crippen molar-refractivity contribution in [3.8, 4) is 5.75 Å². The van der Waals surface area contributed by atoms with Gasteiger partial charge in [-0.3, -0.25) is 9.79 Å². The summed E-state index contributed by atoms with van der Waals surface area (Å²) in [5.74, 6) is 0.364. The van der Waals surface area contributed by atoms with E-state index in [-0.39, 0.29) is 35.6 Å². The van der Waals surface area contributed by atoms with Gasteiger partial charge in [0.25, 0.3) is 5.91 Å². The lowest BCUT2D eigenvalue weighted by molar-refractivity contribution is 0.0954. The summed E-state index contributed by atoms with van der Waals surface area (Å²) in [7, 11) is 3.27. The number of guanidine groups is 1. The molecule has 0 aromatic heterocycles. The molecule has 174 valence electrons. The number of nitrogens with zero attached hydrogens (tertiary/aromatic N) is 3. The summed E-state index contributed by atoms with van der Waals surface area (Å²) < 4.78 is 32.6. The quantitative estimate of drug-likeness (QED) is 0.247. The van der Waals surface area contributed by atoms with Crippen LogP contribution >= 0.6 is 24.0 Å². The number of anilines is 1. The van der Waals surface area contributed by atoms with Crippen LogP contribution < -0.4 is 20.3 Å². The molecule has 7 nitrogen and oxygen atoms in total. The van der Waals surface area contributed by atoms with Crippen LogP contribution in [0.5, 0.6) is 5.75 Å². The minimum Gasteiger partial charge on any atom is -0.497 e. The summed E-state index contributed by atoms with van der Waals surface area (Å²) in [5, 5.41) is 6.09. The largest absolute Gasteiger partial charge is 0.497 e. The summed E-state index contributed by atoms with van der Waals surface area (Å²) in [6, 6.07) is 10.4. The number of nitrogens with one attached hydrogen (secondary N) is 2. The Morgan fingerprint density at radius 2 is 1.69 bits per heavy atom. The number of ether oxygens (including phenoxy) is 1. The predicted octanol–water partition coefficient (Wildman–Crippen LogP) is 2.72. The maximum Gasteiger partial charge on any atom is 0.251 e. The van der Waals surface area contributed by atoms with E-state index in [9.17, 15) is 13.6 Å². The number of hydrogen-bond donors (Lipinski definition) is 2. The number of carbonyl (C=O) groups is 1. The number of halogens is 3. The van der Waals surface area contributed by atoms with Crippen LogP contribution in [0.2, 0.25) is 0 Å². The number of aliphatic imine (C=N–C) groups is 1. The Kier molecular flexibility index (Phi) is 9.95. The highest BCUT2D eigenvalue weighted by molar-refractivity contribution is 14.0. The molecule has 2 N–H and O–H groups in total. The van der Waals surface area contributed by atoms with E-state index in [1.54, 1.807) is 38.4 Å². The average molecular weight is 559 g/mol. The van der Waals surface area contributed by atoms with Gasteiger partial charge in [0, 0.05) is 57.9 Å². The fourth-order valence-electron chi connectivity index (χ4n) is 3.41. The second-order valence-electron chi connectivity index (χ2n) is 7.03. The Bertz CT molecular complexity index is 919. The van der Waals surface area contributed by atoms with Crippen molar-refractivity contribution in [3.05, 3.63) is 59.7 Å². The van der Waals surface area contributed by atoms with Crippen LogP contribution in [0.1, 0.15) is 10.4 Å². The normalized spacial score (nSPS) is 13.9. The number of rotatable bonds is 6. The summed E-state index contributed by atoms with van der Waals surface area (Å²) in [6.45, 7) is 3.28. The van der Waals surface area contributed by atoms with Crippen LogP contribution in [-0.4, -0.2) is 70.2 Å². The zero-order valence-corrected chi connectivity index (χ0v) is 20.4. The third kappa shape index (κ3) is 6.68. The van der Waals surface area contributed by atoms with Crippen LogP contribution in [-0.2, 0) is 0 Å². The van der Waals surface area contributed by atoms with E-state index in [0.717, 1.165) is 12.1 Å². The molecule has 10 heteroatoms. The molecule has 1 saturated heterocycles. The first kappa shape index (κ1) is 25.6. The van der Waals surface area contributed by atoms with Crippen molar-refractivity contribution < 1.29 is 18.3 Å². The van der Waals surface area contributed by atoms with E-state index >= 15 is 0 Å². The number of piperazine rings is 1. The minimum absolute atomic E-state index is 0. The molecule has 3 rings (SSSR count). The Labute approximate surface area is 203 Å². The molecule has 1 aliphatic heterocycles. The molecule has 1 amide bonds. The Hall–Kier alpha value is -2.63. The van der Waals surface area contributed by atoms with Crippen molar-refractivity contribution in [2.45, 2.75) is 0 Å². The zero-order chi connectivity index (χ0) is 22.2. The molecular weight excluding hydrogens is 531 g/mol. The van der Waals surface area contributed by atoms with E-state index in [1.165, 1.54) is 6.07 Å². The number of amides is 1. The molecule has 1 heterocycles. The van der Waals surface area contributed by atoms with Crippen molar-refractivity contribution in [2.75, 3.05) is 58.3 Å². The van der Waals surface area contributed by atoms with E-state index < -0.39 is 11.6 Å². The van der Waals surface area contributed by atoms with Crippen molar-refractivity contribution in [2.24, 2.45) is 4.99 Å². The van der Waals surface area contributed by atoms with Gasteiger partial charge in [-0.15, -0.1) is 24.0 Å². The van der Waals surface area contributed by atoms with Gasteiger partial charge in [-0.05, 0) is 36.4 Å². The molecule has 0 saturated carbocycles. The smallest absolute Gasteiger partial charge is 0.251 e. The summed E-state index contributed by atoms with van der Waals surface area (Å²) in [4.78, 5) is 20.4. The summed E-state index contributed by atoms with van der Waals surface area (Å²) >= 11 is 0. The molecule has 0 aliphatic carbocycles. The number of benzene rings is 2. The molecule has 2 aromatic carbocycles. The van der Waals surface area contributed by atoms with Crippen molar-refractivity contribution in [1.29, 1.82) is 0 Å². The van der Waals surface area contributed by atoms with Gasteiger partial charge < -0.3 is 25.2 Å². The van der Waals surface area contributed by atoms with E-state index in [4.69, 9.17) is 4.74 Å². The maximum atomic E-state index is 14.0. The zero-order valence-electron chi connectivity index (χ0n) is 18.1. The molecule has 2 aromatic rings. The van der Waals surface area contributed by atoms with Crippen LogP contribution in [0.15, 0.2) is 47.5 Å². The van der Waals surface area contributed by atoms with E-state index in [1.807, 2.05) is 4.90 Å². The predicted molar refractivity (Wildman–Crippen MR) is 132 cm³/mol. The van der Waals surface area contributed by atoms with Crippen molar-refractivity contribution >= 4 is 41.5 Å². The summed E-state index contributed by atoms with van der Waals surface area (Å²) in [5.41, 5.74) is 0.842. The first-order valence-electron chi connectivity index (χ1n) is 10.1. The molecule has 32 heavy (non-hydrogen) atoms. The lowest BCUT2D eigenvalue weighted by Crippen LogP contribution is -2.53. The molecule has 1 fully saturated rings. The topological polar surface area (TPSA) is 69.2 Å². The highest BCUT2D eigenvalue weighted by Crippen LogP contribution is 2.21. The van der Waals surface area contributed by atoms with Gasteiger partial charge in [-0.1, -0.05) is 0 Å². The maximum absolute atomic E-state index is 14.0. The number of methoxy groups -OCH3 is 1. The lowest BCUT2D eigenvalue weighted by atomic mass is 10.2. The highest BCUT2D eigenvalue weighted by atomic mass is 127. The monoisotopic (exact) mass is 559 g/mol. The number of hydrogen-bond acceptors (Lipinski definition) is 4. The molecule has 0 spiro atoms. The SMILES string of the molecule is CN=C(NCCNC(=O)c1ccc(OC)cc1)N1CCN(c2cc(F)ccc2F)CC1.I. The number of carbonyl (C=O) groups excluding carboxylic acids is 1. The van der Waals surface area contributed by atoms with Gasteiger partial charge in [-0.25, -0.2) is 8.78 Å². The first-order valence-corrected chi connectivity index (χ1v) is 10.1. The van der Waals surface area contributed by atoms with Gasteiger partial charge in [0.2, 0.25) is 0 Å². The van der Waals surface area contributed by atoms with Gasteiger partial charge in [0.15, 0.2) is 5.96 Å². The molecule has 1 aliphatic rings. The molecule has 0 unspecified atom stereocenters. The van der Waals surface area contributed by atoms with Gasteiger partial charge >= 0.3 is 0 Å². The Balaban J connectivity index is 0.00000363. The van der Waals surface area contributed by atoms with Crippen LogP contribution in [0.3, 0.4) is 0 Å². The Morgan fingerprint density at radius 3 is 2.31 bits per heavy atom. The molecule has 0 radical (unpaired) electrons. The van der Waals surface area contributed by atoms with Crippen LogP contribution in [0.4, 0.5) is 14.5 Å². The standard InChI is InChI=1S/C22H27F2N5O2.HI/c1-25-22(27-10-9-26-21(30)16-3-6-18(31-2)7-4-16)29-13-11-28(12-14-29)20-15-17(23)5-8-19(20)24;/h3-8,15H,9-14H2,1-2H3,(H,25,27)(H,26,30);1H. The average Bonchev–Trinajstić information content (AvgIpc) is 2.81. The highest BCUT2D eigenvalue weighted by Gasteiger charge is 2.22. The van der Waals surface area contributed by atoms with Gasteiger partial charge in [0.05, 0.1) is 12.8 Å². The fraction of sp³-hybridized carbons (Fsp3) is 0.364. The van der Waals surface area contributed by atoms with E-state index in [2.05, 4.69) is 20.5 Å². The van der Waals surface area contributed by atoms with Gasteiger partial charge in [-0.2, -0.15) is 0 Å². The van der Waals surface area contributed by atoms with Gasteiger partial charge in [0.1, 0.15) is 17.4 Å². The first-order chi connectivity index (χ1) is 15.0. The van der Waals surface area contributed by atoms with E-state index in [0.29, 0.717) is 56.5 Å². The lowest BCUT2D eigenvalue weighted by Gasteiger charge is -2.37. The van der Waals surface area contributed by atoms with Crippen LogP contribution in [0, 0.1) is 11.6 Å². The fourth-order valence-corrected chi connectivity index (χ4v) is 3.41. The summed E-state index contributed by atoms with van der Waals surface area (Å²) in [6.07, 6.45) is 0. The second-order valence-corrected chi connectivity index (χ2v) is 7.03. The van der Waals surface area contributed by atoms with Crippen molar-refractivity contribution in [1.82, 2.24) is 15.5 Å². The van der Waals surface area contributed by atoms with Crippen LogP contribution in [0.25, 0.3) is 0 Å². The molecule has 0 bridgehead atoms. The third-order valence-corrected chi connectivity index (χ3v) is 5.09. The molecule has 0 atom stereocenters. The third-order valence-electron chi connectivity index (χ3n) is 5.09. The Morgan fingerprint density at radius 1 is 1.03 bits per heavy atom. The molecular formula is C22H28F2IN5O2.